The molecule has 168 valence electrons. The van der Waals surface area contributed by atoms with Gasteiger partial charge in [0.2, 0.25) is 0 Å². The number of halogens is 1. The fourth-order valence-electron chi connectivity index (χ4n) is 4.46. The van der Waals surface area contributed by atoms with E-state index in [0.29, 0.717) is 16.9 Å². The van der Waals surface area contributed by atoms with Crippen molar-refractivity contribution in [2.45, 2.75) is 30.3 Å². The van der Waals surface area contributed by atoms with Crippen molar-refractivity contribution >= 4 is 27.1 Å². The molecule has 4 nitrogen and oxygen atoms in total. The zero-order valence-electron chi connectivity index (χ0n) is 18.2. The predicted molar refractivity (Wildman–Crippen MR) is 132 cm³/mol. The van der Waals surface area contributed by atoms with Crippen molar-refractivity contribution in [1.82, 2.24) is 4.90 Å². The summed E-state index contributed by atoms with van der Waals surface area (Å²) in [6.45, 7) is 2.78. The molecule has 1 fully saturated rings. The molecule has 0 unspecified atom stereocenters. The lowest BCUT2D eigenvalue weighted by Crippen LogP contribution is -2.46. The largest absolute Gasteiger partial charge is 0.382 e. The number of likely N-dealkylation sites (tertiary alicyclic amines) is 1. The van der Waals surface area contributed by atoms with Crippen LogP contribution in [0.25, 0.3) is 0 Å². The molecule has 1 heterocycles. The van der Waals surface area contributed by atoms with Gasteiger partial charge in [-0.15, -0.1) is 0 Å². The molecule has 3 aromatic rings. The summed E-state index contributed by atoms with van der Waals surface area (Å²) in [6, 6.07) is 26.2. The second kappa shape index (κ2) is 10.1. The molecule has 1 saturated heterocycles. The molecule has 1 aliphatic rings. The lowest BCUT2D eigenvalue weighted by molar-refractivity contribution is 0.155. The molecular weight excluding hydrogens is 440 g/mol. The van der Waals surface area contributed by atoms with Crippen molar-refractivity contribution in [3.05, 3.63) is 95.0 Å². The van der Waals surface area contributed by atoms with Gasteiger partial charge in [-0.1, -0.05) is 60.1 Å². The fourth-order valence-corrected chi connectivity index (χ4v) is 5.28. The summed E-state index contributed by atoms with van der Waals surface area (Å²) in [7, 11) is -3.17. The van der Waals surface area contributed by atoms with Crippen LogP contribution >= 0.6 is 11.6 Å². The van der Waals surface area contributed by atoms with Crippen LogP contribution in [0.15, 0.2) is 83.8 Å². The smallest absolute Gasteiger partial charge is 0.175 e. The Balaban J connectivity index is 1.47. The van der Waals surface area contributed by atoms with E-state index in [1.807, 2.05) is 30.3 Å². The Kier molecular flexibility index (Phi) is 7.19. The first-order chi connectivity index (χ1) is 15.4. The highest BCUT2D eigenvalue weighted by Crippen LogP contribution is 2.27. The number of rotatable bonds is 7. The number of nitrogens with zero attached hydrogens (tertiary/aromatic N) is 1. The van der Waals surface area contributed by atoms with Crippen LogP contribution in [0.2, 0.25) is 5.02 Å². The Morgan fingerprint density at radius 2 is 1.72 bits per heavy atom. The van der Waals surface area contributed by atoms with E-state index in [2.05, 4.69) is 46.6 Å². The van der Waals surface area contributed by atoms with Crippen molar-refractivity contribution < 1.29 is 8.42 Å². The molecule has 0 radical (unpaired) electrons. The van der Waals surface area contributed by atoms with E-state index >= 15 is 0 Å². The Labute approximate surface area is 196 Å². The molecule has 0 spiro atoms. The third-order valence-electron chi connectivity index (χ3n) is 6.09. The number of sulfone groups is 1. The molecule has 0 amide bonds. The minimum Gasteiger partial charge on any atom is -0.382 e. The minimum absolute atomic E-state index is 0.359. The van der Waals surface area contributed by atoms with Crippen LogP contribution in [0.4, 0.5) is 5.69 Å². The molecule has 1 aliphatic heterocycles. The van der Waals surface area contributed by atoms with Gasteiger partial charge < -0.3 is 5.32 Å². The first kappa shape index (κ1) is 22.8. The average Bonchev–Trinajstić information content (AvgIpc) is 2.76. The number of nitrogens with one attached hydrogen (secondary N) is 1. The van der Waals surface area contributed by atoms with Gasteiger partial charge in [0, 0.05) is 42.6 Å². The molecule has 6 heteroatoms. The third kappa shape index (κ3) is 6.12. The van der Waals surface area contributed by atoms with Crippen LogP contribution in [0.3, 0.4) is 0 Å². The maximum atomic E-state index is 11.7. The van der Waals surface area contributed by atoms with Gasteiger partial charge >= 0.3 is 0 Å². The van der Waals surface area contributed by atoms with Crippen molar-refractivity contribution in [3.8, 4) is 0 Å². The molecular formula is C26H29ClN2O2S. The van der Waals surface area contributed by atoms with E-state index in [1.54, 1.807) is 12.1 Å². The summed E-state index contributed by atoms with van der Waals surface area (Å²) in [5, 5.41) is 4.46. The Morgan fingerprint density at radius 1 is 0.969 bits per heavy atom. The first-order valence-corrected chi connectivity index (χ1v) is 13.2. The number of piperidine rings is 1. The van der Waals surface area contributed by atoms with E-state index in [0.717, 1.165) is 48.7 Å². The molecule has 0 aromatic heterocycles. The van der Waals surface area contributed by atoms with Gasteiger partial charge in [-0.25, -0.2) is 8.42 Å². The number of hydrogen-bond donors (Lipinski definition) is 1. The van der Waals surface area contributed by atoms with Gasteiger partial charge in [-0.2, -0.15) is 0 Å². The first-order valence-electron chi connectivity index (χ1n) is 10.9. The Bertz CT molecular complexity index is 1130. The van der Waals surface area contributed by atoms with E-state index < -0.39 is 9.84 Å². The lowest BCUT2D eigenvalue weighted by Gasteiger charge is -2.39. The summed E-state index contributed by atoms with van der Waals surface area (Å²) < 4.78 is 23.5. The van der Waals surface area contributed by atoms with Gasteiger partial charge in [-0.05, 0) is 60.2 Å². The van der Waals surface area contributed by atoms with Crippen LogP contribution in [0.1, 0.15) is 17.5 Å². The zero-order chi connectivity index (χ0) is 22.6. The van der Waals surface area contributed by atoms with E-state index in [9.17, 15) is 8.42 Å². The molecule has 0 aliphatic carbocycles. The second-order valence-corrected chi connectivity index (χ2v) is 11.1. The molecule has 0 saturated carbocycles. The molecule has 3 aromatic carbocycles. The van der Waals surface area contributed by atoms with Gasteiger partial charge in [0.25, 0.3) is 0 Å². The summed E-state index contributed by atoms with van der Waals surface area (Å²) in [6.07, 6.45) is 3.28. The standard InChI is InChI=1S/C26H29ClN2O2S/c1-32(30,31)25-12-10-21(11-13-25)18-29-15-14-26(28-24-9-5-8-23(27)17-24)22(19-29)16-20-6-3-2-4-7-20/h2-13,17,22,26,28H,14-16,18-19H2,1H3/t22-,26+/m0/s1. The summed E-state index contributed by atoms with van der Waals surface area (Å²) in [4.78, 5) is 2.84. The summed E-state index contributed by atoms with van der Waals surface area (Å²) in [5.41, 5.74) is 3.54. The molecule has 0 bridgehead atoms. The van der Waals surface area contributed by atoms with Gasteiger partial charge in [0.1, 0.15) is 0 Å². The maximum absolute atomic E-state index is 11.7. The maximum Gasteiger partial charge on any atom is 0.175 e. The van der Waals surface area contributed by atoms with E-state index in [1.165, 1.54) is 11.8 Å². The predicted octanol–water partition coefficient (Wildman–Crippen LogP) is 5.29. The van der Waals surface area contributed by atoms with Gasteiger partial charge in [-0.3, -0.25) is 4.90 Å². The minimum atomic E-state index is -3.17. The lowest BCUT2D eigenvalue weighted by atomic mass is 9.86. The topological polar surface area (TPSA) is 49.4 Å². The zero-order valence-corrected chi connectivity index (χ0v) is 19.8. The SMILES string of the molecule is CS(=O)(=O)c1ccc(CN2CC[C@@H](Nc3cccc(Cl)c3)[C@@H](Cc3ccccc3)C2)cc1. The highest BCUT2D eigenvalue weighted by molar-refractivity contribution is 7.90. The quantitative estimate of drug-likeness (QED) is 0.512. The highest BCUT2D eigenvalue weighted by atomic mass is 35.5. The number of anilines is 1. The molecule has 2 atom stereocenters. The number of hydrogen-bond acceptors (Lipinski definition) is 4. The Hall–Kier alpha value is -2.34. The molecule has 32 heavy (non-hydrogen) atoms. The van der Waals surface area contributed by atoms with Crippen molar-refractivity contribution in [2.24, 2.45) is 5.92 Å². The van der Waals surface area contributed by atoms with Crippen LogP contribution in [0.5, 0.6) is 0 Å². The van der Waals surface area contributed by atoms with Gasteiger partial charge in [0.05, 0.1) is 4.90 Å². The number of benzene rings is 3. The van der Waals surface area contributed by atoms with Crippen molar-refractivity contribution in [2.75, 3.05) is 24.7 Å². The van der Waals surface area contributed by atoms with Crippen LogP contribution in [-0.4, -0.2) is 38.7 Å². The van der Waals surface area contributed by atoms with Crippen molar-refractivity contribution in [1.29, 1.82) is 0 Å². The van der Waals surface area contributed by atoms with Crippen molar-refractivity contribution in [3.63, 3.8) is 0 Å². The normalized spacial score (nSPS) is 19.6. The Morgan fingerprint density at radius 3 is 2.41 bits per heavy atom. The molecule has 1 N–H and O–H groups in total. The van der Waals surface area contributed by atoms with E-state index in [-0.39, 0.29) is 0 Å². The third-order valence-corrected chi connectivity index (χ3v) is 7.46. The fraction of sp³-hybridized carbons (Fsp3) is 0.308. The average molecular weight is 469 g/mol. The summed E-state index contributed by atoms with van der Waals surface area (Å²) in [5.74, 6) is 0.445. The summed E-state index contributed by atoms with van der Waals surface area (Å²) >= 11 is 6.20. The highest BCUT2D eigenvalue weighted by Gasteiger charge is 2.29. The van der Waals surface area contributed by atoms with Crippen LogP contribution in [-0.2, 0) is 22.8 Å². The van der Waals surface area contributed by atoms with Gasteiger partial charge in [0.15, 0.2) is 9.84 Å². The second-order valence-electron chi connectivity index (χ2n) is 8.65. The monoisotopic (exact) mass is 468 g/mol. The van der Waals surface area contributed by atoms with Crippen LogP contribution < -0.4 is 5.32 Å². The van der Waals surface area contributed by atoms with Crippen LogP contribution in [0, 0.1) is 5.92 Å². The molecule has 4 rings (SSSR count). The van der Waals surface area contributed by atoms with E-state index in [4.69, 9.17) is 11.6 Å².